The van der Waals surface area contributed by atoms with Crippen LogP contribution in [0.4, 0.5) is 5.69 Å². The van der Waals surface area contributed by atoms with E-state index in [2.05, 4.69) is 20.2 Å². The number of anilines is 1. The molecule has 0 saturated heterocycles. The number of pyridine rings is 2. The molecule has 4 aromatic rings. The smallest absolute Gasteiger partial charge is 0.196 e. The molecule has 0 amide bonds. The molecule has 0 spiro atoms. The third-order valence-electron chi connectivity index (χ3n) is 5.92. The molecule has 0 fully saturated rings. The van der Waals surface area contributed by atoms with E-state index in [1.54, 1.807) is 42.7 Å². The second-order valence-corrected chi connectivity index (χ2v) is 8.21. The Morgan fingerprint density at radius 3 is 1.85 bits per heavy atom. The van der Waals surface area contributed by atoms with Gasteiger partial charge in [0, 0.05) is 61.0 Å². The van der Waals surface area contributed by atoms with Crippen molar-refractivity contribution < 1.29 is 9.59 Å². The van der Waals surface area contributed by atoms with E-state index < -0.39 is 0 Å². The summed E-state index contributed by atoms with van der Waals surface area (Å²) >= 11 is 0. The summed E-state index contributed by atoms with van der Waals surface area (Å²) in [5, 5.41) is 3.40. The molecular formula is C28H24N4O2. The van der Waals surface area contributed by atoms with E-state index in [0.717, 1.165) is 11.4 Å². The zero-order valence-corrected chi connectivity index (χ0v) is 18.6. The van der Waals surface area contributed by atoms with Crippen LogP contribution in [0.3, 0.4) is 0 Å². The van der Waals surface area contributed by atoms with Gasteiger partial charge in [0.15, 0.2) is 11.6 Å². The van der Waals surface area contributed by atoms with Gasteiger partial charge in [-0.25, -0.2) is 0 Å². The molecule has 1 N–H and O–H groups in total. The van der Waals surface area contributed by atoms with Gasteiger partial charge in [-0.3, -0.25) is 24.5 Å². The van der Waals surface area contributed by atoms with Crippen LogP contribution in [0.5, 0.6) is 0 Å². The van der Waals surface area contributed by atoms with Gasteiger partial charge in [-0.05, 0) is 30.3 Å². The van der Waals surface area contributed by atoms with Crippen molar-refractivity contribution in [1.29, 1.82) is 0 Å². The minimum absolute atomic E-state index is 0.110. The van der Waals surface area contributed by atoms with Crippen LogP contribution >= 0.6 is 0 Å². The molecule has 0 radical (unpaired) electrons. The van der Waals surface area contributed by atoms with Crippen molar-refractivity contribution in [1.82, 2.24) is 14.9 Å². The highest BCUT2D eigenvalue weighted by Gasteiger charge is 2.31. The van der Waals surface area contributed by atoms with Crippen LogP contribution in [0.1, 0.15) is 43.2 Å². The summed E-state index contributed by atoms with van der Waals surface area (Å²) in [4.78, 5) is 37.4. The summed E-state index contributed by atoms with van der Waals surface area (Å²) in [7, 11) is 0. The van der Waals surface area contributed by atoms with E-state index in [4.69, 9.17) is 0 Å². The summed E-state index contributed by atoms with van der Waals surface area (Å²) in [5.74, 6) is -0.229. The summed E-state index contributed by atoms with van der Waals surface area (Å²) in [6.07, 6.45) is 3.59. The average molecular weight is 449 g/mol. The summed E-state index contributed by atoms with van der Waals surface area (Å²) in [6.45, 7) is 2.66. The minimum Gasteiger partial charge on any atom is -0.383 e. The van der Waals surface area contributed by atoms with Crippen LogP contribution in [0.2, 0.25) is 0 Å². The quantitative estimate of drug-likeness (QED) is 0.380. The number of carbonyl (C=O) groups excluding carboxylic acids is 2. The Morgan fingerprint density at radius 2 is 1.24 bits per heavy atom. The molecule has 0 aliphatic heterocycles. The molecule has 6 heteroatoms. The Kier molecular flexibility index (Phi) is 6.23. The van der Waals surface area contributed by atoms with Crippen molar-refractivity contribution in [2.45, 2.75) is 13.1 Å². The fourth-order valence-electron chi connectivity index (χ4n) is 4.30. The number of aromatic nitrogens is 2. The van der Waals surface area contributed by atoms with Crippen LogP contribution in [-0.4, -0.2) is 39.5 Å². The Labute approximate surface area is 198 Å². The van der Waals surface area contributed by atoms with Crippen molar-refractivity contribution in [3.8, 4) is 0 Å². The lowest BCUT2D eigenvalue weighted by Crippen LogP contribution is -2.30. The molecule has 6 nitrogen and oxygen atoms in total. The van der Waals surface area contributed by atoms with E-state index in [9.17, 15) is 9.59 Å². The lowest BCUT2D eigenvalue weighted by molar-refractivity contribution is 0.0979. The normalized spacial score (nSPS) is 12.4. The lowest BCUT2D eigenvalue weighted by Gasteiger charge is -2.24. The highest BCUT2D eigenvalue weighted by Crippen LogP contribution is 2.31. The van der Waals surface area contributed by atoms with Gasteiger partial charge in [0.2, 0.25) is 0 Å². The monoisotopic (exact) mass is 448 g/mol. The van der Waals surface area contributed by atoms with Gasteiger partial charge >= 0.3 is 0 Å². The number of hydrogen-bond acceptors (Lipinski definition) is 6. The molecule has 2 aromatic carbocycles. The van der Waals surface area contributed by atoms with Crippen LogP contribution in [-0.2, 0) is 13.1 Å². The molecule has 0 saturated carbocycles. The van der Waals surface area contributed by atoms with Gasteiger partial charge < -0.3 is 5.32 Å². The van der Waals surface area contributed by atoms with E-state index in [0.29, 0.717) is 54.1 Å². The van der Waals surface area contributed by atoms with Crippen LogP contribution in [0, 0.1) is 0 Å². The molecule has 168 valence electrons. The van der Waals surface area contributed by atoms with Crippen LogP contribution < -0.4 is 5.32 Å². The Morgan fingerprint density at radius 1 is 0.647 bits per heavy atom. The van der Waals surface area contributed by atoms with Crippen LogP contribution in [0.15, 0.2) is 91.3 Å². The summed E-state index contributed by atoms with van der Waals surface area (Å²) in [5.41, 5.74) is 4.47. The van der Waals surface area contributed by atoms with Crippen LogP contribution in [0.25, 0.3) is 0 Å². The van der Waals surface area contributed by atoms with Crippen molar-refractivity contribution >= 4 is 17.3 Å². The van der Waals surface area contributed by atoms with Gasteiger partial charge in [-0.2, -0.15) is 0 Å². The maximum absolute atomic E-state index is 13.2. The first-order chi connectivity index (χ1) is 16.7. The third kappa shape index (κ3) is 4.49. The first-order valence-electron chi connectivity index (χ1n) is 11.3. The molecule has 5 rings (SSSR count). The number of hydrogen-bond donors (Lipinski definition) is 1. The van der Waals surface area contributed by atoms with Crippen molar-refractivity contribution in [2.75, 3.05) is 18.4 Å². The SMILES string of the molecule is O=C1c2ccccc2C(=O)c2c(NCCN(Cc3ccccn3)Cc3ccccn3)cccc21. The van der Waals surface area contributed by atoms with Gasteiger partial charge in [-0.1, -0.05) is 48.5 Å². The molecule has 0 atom stereocenters. The number of benzene rings is 2. The van der Waals surface area contributed by atoms with E-state index in [1.807, 2.05) is 48.5 Å². The molecule has 0 bridgehead atoms. The van der Waals surface area contributed by atoms with Gasteiger partial charge in [0.1, 0.15) is 0 Å². The predicted octanol–water partition coefficient (Wildman–Crippen LogP) is 4.37. The molecule has 2 aromatic heterocycles. The van der Waals surface area contributed by atoms with Gasteiger partial charge in [0.25, 0.3) is 0 Å². The fourth-order valence-corrected chi connectivity index (χ4v) is 4.30. The van der Waals surface area contributed by atoms with E-state index in [-0.39, 0.29) is 11.6 Å². The van der Waals surface area contributed by atoms with Crippen molar-refractivity contribution in [3.05, 3.63) is 125 Å². The second-order valence-electron chi connectivity index (χ2n) is 8.21. The van der Waals surface area contributed by atoms with Gasteiger partial charge in [-0.15, -0.1) is 0 Å². The number of carbonyl (C=O) groups is 2. The van der Waals surface area contributed by atoms with E-state index in [1.165, 1.54) is 0 Å². The standard InChI is InChI=1S/C28H24N4O2/c33-27-22-10-1-2-11-23(22)28(34)26-24(27)12-7-13-25(26)31-16-17-32(18-20-8-3-5-14-29-20)19-21-9-4-6-15-30-21/h1-15,31H,16-19H2. The molecule has 34 heavy (non-hydrogen) atoms. The Hall–Kier alpha value is -4.16. The molecule has 1 aliphatic carbocycles. The summed E-state index contributed by atoms with van der Waals surface area (Å²) < 4.78 is 0. The first-order valence-corrected chi connectivity index (χ1v) is 11.3. The molecule has 0 unspecified atom stereocenters. The average Bonchev–Trinajstić information content (AvgIpc) is 2.88. The highest BCUT2D eigenvalue weighted by atomic mass is 16.1. The van der Waals surface area contributed by atoms with E-state index >= 15 is 0 Å². The lowest BCUT2D eigenvalue weighted by atomic mass is 9.83. The number of nitrogens with zero attached hydrogens (tertiary/aromatic N) is 3. The maximum Gasteiger partial charge on any atom is 0.196 e. The number of rotatable bonds is 8. The first kappa shape index (κ1) is 21.7. The third-order valence-corrected chi connectivity index (χ3v) is 5.92. The minimum atomic E-state index is -0.118. The Balaban J connectivity index is 1.34. The number of fused-ring (bicyclic) bond motifs is 2. The Bertz CT molecular complexity index is 1280. The largest absolute Gasteiger partial charge is 0.383 e. The fraction of sp³-hybridized carbons (Fsp3) is 0.143. The van der Waals surface area contributed by atoms with Crippen molar-refractivity contribution in [2.24, 2.45) is 0 Å². The molecular weight excluding hydrogens is 424 g/mol. The zero-order valence-electron chi connectivity index (χ0n) is 18.6. The van der Waals surface area contributed by atoms with Crippen molar-refractivity contribution in [3.63, 3.8) is 0 Å². The zero-order chi connectivity index (χ0) is 23.3. The molecule has 2 heterocycles. The highest BCUT2D eigenvalue weighted by molar-refractivity contribution is 6.30. The topological polar surface area (TPSA) is 75.2 Å². The van der Waals surface area contributed by atoms with Gasteiger partial charge in [0.05, 0.1) is 17.0 Å². The number of nitrogens with one attached hydrogen (secondary N) is 1. The molecule has 1 aliphatic rings. The maximum atomic E-state index is 13.2. The predicted molar refractivity (Wildman–Crippen MR) is 131 cm³/mol. The number of ketones is 2. The second kappa shape index (κ2) is 9.77. The summed E-state index contributed by atoms with van der Waals surface area (Å²) in [6, 6.07) is 24.2.